The number of nitro benzene ring substituents is 1. The molecule has 0 aromatic heterocycles. The van der Waals surface area contributed by atoms with Crippen LogP contribution in [0.3, 0.4) is 0 Å². The Balaban J connectivity index is 2.60. The minimum absolute atomic E-state index is 0.0979. The molecule has 5 nitrogen and oxygen atoms in total. The molecule has 0 atom stereocenters. The molecule has 0 saturated heterocycles. The van der Waals surface area contributed by atoms with Crippen LogP contribution in [0.4, 0.5) is 5.69 Å². The monoisotopic (exact) mass is 389 g/mol. The van der Waals surface area contributed by atoms with Crippen LogP contribution in [-0.4, -0.2) is 28.8 Å². The van der Waals surface area contributed by atoms with Gasteiger partial charge in [0.1, 0.15) is 0 Å². The lowest BCUT2D eigenvalue weighted by Gasteiger charge is -2.23. The molecule has 0 fully saturated rings. The van der Waals surface area contributed by atoms with Crippen LogP contribution in [-0.2, 0) is 0 Å². The van der Waals surface area contributed by atoms with Crippen molar-refractivity contribution in [3.05, 3.63) is 39.9 Å². The smallest absolute Gasteiger partial charge is 0.278 e. The maximum atomic E-state index is 12.9. The third-order valence-electron chi connectivity index (χ3n) is 5.08. The molecule has 0 unspecified atom stereocenters. The highest BCUT2D eigenvalue weighted by molar-refractivity contribution is 5.94. The van der Waals surface area contributed by atoms with E-state index in [1.165, 1.54) is 63.5 Å². The second-order valence-electron chi connectivity index (χ2n) is 7.55. The molecule has 28 heavy (non-hydrogen) atoms. The lowest BCUT2D eigenvalue weighted by atomic mass is 10.1. The van der Waals surface area contributed by atoms with Crippen molar-refractivity contribution in [2.24, 2.45) is 0 Å². The van der Waals surface area contributed by atoms with Crippen molar-refractivity contribution in [1.82, 2.24) is 4.90 Å². The van der Waals surface area contributed by atoms with Gasteiger partial charge in [0.2, 0.25) is 0 Å². The van der Waals surface area contributed by atoms with E-state index in [9.17, 15) is 14.9 Å². The summed E-state index contributed by atoms with van der Waals surface area (Å²) in [5.74, 6) is -0.0979. The number of carbonyl (C=O) groups is 1. The van der Waals surface area contributed by atoms with Crippen molar-refractivity contribution in [2.75, 3.05) is 13.1 Å². The van der Waals surface area contributed by atoms with Gasteiger partial charge in [-0.25, -0.2) is 0 Å². The predicted molar refractivity (Wildman–Crippen MR) is 115 cm³/mol. The van der Waals surface area contributed by atoms with Gasteiger partial charge < -0.3 is 4.90 Å². The summed E-state index contributed by atoms with van der Waals surface area (Å²) in [5, 5.41) is 11.0. The first-order valence-electron chi connectivity index (χ1n) is 11.1. The van der Waals surface area contributed by atoms with Crippen LogP contribution in [0.15, 0.2) is 18.2 Å². The van der Waals surface area contributed by atoms with E-state index in [0.717, 1.165) is 38.8 Å². The number of nitrogens with zero attached hydrogens (tertiary/aromatic N) is 2. The van der Waals surface area contributed by atoms with Crippen molar-refractivity contribution in [2.45, 2.75) is 90.9 Å². The average Bonchev–Trinajstić information content (AvgIpc) is 2.71. The summed E-state index contributed by atoms with van der Waals surface area (Å²) in [6.45, 7) is 5.87. The summed E-state index contributed by atoms with van der Waals surface area (Å²) in [6, 6.07) is 7.02. The Morgan fingerprint density at radius 3 is 1.93 bits per heavy atom. The van der Waals surface area contributed by atoms with E-state index in [-0.39, 0.29) is 11.6 Å². The normalized spacial score (nSPS) is 10.8. The Labute approximate surface area is 170 Å². The first-order valence-corrected chi connectivity index (χ1v) is 11.1. The summed E-state index contributed by atoms with van der Waals surface area (Å²) in [6.07, 6.45) is 14.2. The minimum Gasteiger partial charge on any atom is -0.339 e. The second-order valence-corrected chi connectivity index (χ2v) is 7.55. The Morgan fingerprint density at radius 2 is 1.43 bits per heavy atom. The van der Waals surface area contributed by atoms with Gasteiger partial charge in [0, 0.05) is 24.7 Å². The summed E-state index contributed by atoms with van der Waals surface area (Å²) >= 11 is 0. The number of amides is 1. The van der Waals surface area contributed by atoms with Crippen LogP contribution in [0, 0.1) is 16.2 Å². The third-order valence-corrected chi connectivity index (χ3v) is 5.08. The van der Waals surface area contributed by atoms with Crippen LogP contribution in [0.2, 0.25) is 0 Å². The molecule has 1 radical (unpaired) electrons. The molecule has 5 heteroatoms. The van der Waals surface area contributed by atoms with Gasteiger partial charge in [0.25, 0.3) is 11.6 Å². The van der Waals surface area contributed by atoms with Gasteiger partial charge in [0.05, 0.1) is 11.0 Å². The van der Waals surface area contributed by atoms with Gasteiger partial charge in [-0.15, -0.1) is 0 Å². The van der Waals surface area contributed by atoms with Crippen molar-refractivity contribution in [3.63, 3.8) is 0 Å². The Bertz CT molecular complexity index is 559. The molecule has 1 aromatic rings. The van der Waals surface area contributed by atoms with E-state index in [0.29, 0.717) is 5.56 Å². The maximum Gasteiger partial charge on any atom is 0.278 e. The Kier molecular flexibility index (Phi) is 13.0. The molecule has 0 aliphatic rings. The number of unbranched alkanes of at least 4 members (excludes halogenated alkanes) is 10. The molecule has 157 valence electrons. The van der Waals surface area contributed by atoms with E-state index >= 15 is 0 Å². The molecule has 0 bridgehead atoms. The fraction of sp³-hybridized carbons (Fsp3) is 0.696. The average molecular weight is 390 g/mol. The topological polar surface area (TPSA) is 63.5 Å². The van der Waals surface area contributed by atoms with Gasteiger partial charge in [-0.3, -0.25) is 14.9 Å². The first kappa shape index (κ1) is 24.1. The van der Waals surface area contributed by atoms with E-state index in [4.69, 9.17) is 0 Å². The van der Waals surface area contributed by atoms with E-state index in [2.05, 4.69) is 19.9 Å². The molecule has 0 spiro atoms. The summed E-state index contributed by atoms with van der Waals surface area (Å²) in [4.78, 5) is 25.3. The van der Waals surface area contributed by atoms with Gasteiger partial charge in [-0.05, 0) is 25.0 Å². The first-order chi connectivity index (χ1) is 13.6. The third kappa shape index (κ3) is 9.86. The highest BCUT2D eigenvalue weighted by atomic mass is 16.6. The van der Waals surface area contributed by atoms with Crippen molar-refractivity contribution in [3.8, 4) is 0 Å². The van der Waals surface area contributed by atoms with E-state index < -0.39 is 4.92 Å². The molecule has 1 rings (SSSR count). The lowest BCUT2D eigenvalue weighted by molar-refractivity contribution is -0.385. The maximum absolute atomic E-state index is 12.9. The van der Waals surface area contributed by atoms with E-state index in [1.807, 2.05) is 4.90 Å². The van der Waals surface area contributed by atoms with Crippen LogP contribution in [0.25, 0.3) is 0 Å². The number of non-ortho nitro benzene ring substituents is 1. The zero-order valence-electron chi connectivity index (χ0n) is 17.8. The van der Waals surface area contributed by atoms with E-state index in [1.54, 1.807) is 6.07 Å². The molecular formula is C23H37N2O3. The molecular weight excluding hydrogens is 352 g/mol. The van der Waals surface area contributed by atoms with Crippen LogP contribution < -0.4 is 0 Å². The fourth-order valence-electron chi connectivity index (χ4n) is 3.36. The largest absolute Gasteiger partial charge is 0.339 e. The lowest BCUT2D eigenvalue weighted by Crippen LogP contribution is -2.33. The number of rotatable bonds is 16. The Hall–Kier alpha value is -1.91. The Morgan fingerprint density at radius 1 is 0.929 bits per heavy atom. The number of hydrogen-bond acceptors (Lipinski definition) is 3. The quantitative estimate of drug-likeness (QED) is 0.183. The number of benzene rings is 1. The zero-order valence-corrected chi connectivity index (χ0v) is 17.8. The van der Waals surface area contributed by atoms with Gasteiger partial charge in [-0.1, -0.05) is 78.1 Å². The van der Waals surface area contributed by atoms with Gasteiger partial charge in [-0.2, -0.15) is 0 Å². The highest BCUT2D eigenvalue weighted by Gasteiger charge is 2.18. The molecule has 0 heterocycles. The van der Waals surface area contributed by atoms with Crippen molar-refractivity contribution in [1.29, 1.82) is 0 Å². The molecule has 0 N–H and O–H groups in total. The number of carbonyl (C=O) groups excluding carboxylic acids is 1. The molecule has 0 saturated carbocycles. The summed E-state index contributed by atoms with van der Waals surface area (Å²) in [7, 11) is 0. The summed E-state index contributed by atoms with van der Waals surface area (Å²) in [5.41, 5.74) is 0.243. The molecule has 1 aromatic carbocycles. The van der Waals surface area contributed by atoms with Crippen LogP contribution in [0.1, 0.15) is 101 Å². The fourth-order valence-corrected chi connectivity index (χ4v) is 3.36. The molecule has 1 amide bonds. The van der Waals surface area contributed by atoms with Crippen molar-refractivity contribution < 1.29 is 9.72 Å². The second kappa shape index (κ2) is 15.1. The van der Waals surface area contributed by atoms with Crippen molar-refractivity contribution >= 4 is 11.6 Å². The number of nitro groups is 1. The molecule has 0 aliphatic carbocycles. The van der Waals surface area contributed by atoms with Gasteiger partial charge in [0.15, 0.2) is 0 Å². The standard InChI is InChI=1S/C23H37N2O3/c1-3-5-7-9-11-13-18-24(19-14-12-10-8-6-4-2)23(26)21-16-15-17-22(20-21)25(27)28/h15-16,20H,3-14,18-19H2,1-2H3. The highest BCUT2D eigenvalue weighted by Crippen LogP contribution is 2.16. The SMILES string of the molecule is CCCCCCCCN(CCCCCCCC)C(=O)c1cc[c]c([N+](=O)[O-])c1. The van der Waals surface area contributed by atoms with Gasteiger partial charge >= 0.3 is 0 Å². The predicted octanol–water partition coefficient (Wildman–Crippen LogP) is 6.56. The van der Waals surface area contributed by atoms with Crippen LogP contribution in [0.5, 0.6) is 0 Å². The summed E-state index contributed by atoms with van der Waals surface area (Å²) < 4.78 is 0. The minimum atomic E-state index is -0.497. The number of hydrogen-bond donors (Lipinski definition) is 0. The van der Waals surface area contributed by atoms with Crippen LogP contribution >= 0.6 is 0 Å². The zero-order chi connectivity index (χ0) is 20.6. The molecule has 0 aliphatic heterocycles.